The second-order valence-electron chi connectivity index (χ2n) is 7.96. The number of nitrogens with one attached hydrogen (secondary N) is 2. The average Bonchev–Trinajstić information content (AvgIpc) is 3.48. The molecular weight excluding hydrogens is 428 g/mol. The van der Waals surface area contributed by atoms with Gasteiger partial charge < -0.3 is 15.4 Å². The van der Waals surface area contributed by atoms with E-state index in [2.05, 4.69) is 31.9 Å². The minimum atomic E-state index is -0.00219. The smallest absolute Gasteiger partial charge is 0.237 e. The van der Waals surface area contributed by atoms with Crippen LogP contribution in [0.5, 0.6) is 5.88 Å². The normalized spacial score (nSPS) is 14.1. The summed E-state index contributed by atoms with van der Waals surface area (Å²) in [6, 6.07) is 17.9. The molecule has 174 valence electrons. The van der Waals surface area contributed by atoms with Crippen LogP contribution in [0.4, 0.5) is 5.69 Å². The summed E-state index contributed by atoms with van der Waals surface area (Å²) in [6.45, 7) is 4.80. The number of nitrogens with zero attached hydrogens (tertiary/aromatic N) is 6. The molecule has 1 atom stereocenters. The van der Waals surface area contributed by atoms with Gasteiger partial charge in [0.15, 0.2) is 5.69 Å². The van der Waals surface area contributed by atoms with Crippen molar-refractivity contribution in [1.82, 2.24) is 29.9 Å². The molecule has 0 saturated heterocycles. The summed E-state index contributed by atoms with van der Waals surface area (Å²) >= 11 is 0. The summed E-state index contributed by atoms with van der Waals surface area (Å²) in [5.74, 6) is 0.618. The van der Waals surface area contributed by atoms with Crippen molar-refractivity contribution in [1.29, 1.82) is 5.26 Å². The molecule has 1 aliphatic heterocycles. The first-order valence-electron chi connectivity index (χ1n) is 11.2. The molecule has 0 bridgehead atoms. The summed E-state index contributed by atoms with van der Waals surface area (Å²) < 4.78 is 9.61. The second kappa shape index (κ2) is 11.1. The second-order valence-corrected chi connectivity index (χ2v) is 7.96. The molecule has 4 aromatic rings. The highest BCUT2D eigenvalue weighted by Crippen LogP contribution is 2.30. The van der Waals surface area contributed by atoms with Crippen LogP contribution in [-0.2, 0) is 13.6 Å². The molecule has 1 unspecified atom stereocenters. The fourth-order valence-corrected chi connectivity index (χ4v) is 3.56. The molecule has 0 radical (unpaired) electrons. The molecule has 2 N–H and O–H groups in total. The van der Waals surface area contributed by atoms with Crippen LogP contribution in [0, 0.1) is 18.3 Å². The number of benzene rings is 1. The Bertz CT molecular complexity index is 1210. The minimum absolute atomic E-state index is 0.00219. The van der Waals surface area contributed by atoms with Crippen molar-refractivity contribution >= 4 is 5.69 Å². The van der Waals surface area contributed by atoms with Gasteiger partial charge in [0.25, 0.3) is 0 Å². The van der Waals surface area contributed by atoms with Crippen LogP contribution in [-0.4, -0.2) is 50.3 Å². The molecule has 3 aromatic heterocycles. The van der Waals surface area contributed by atoms with E-state index in [-0.39, 0.29) is 6.10 Å². The summed E-state index contributed by atoms with van der Waals surface area (Å²) in [5.41, 5.74) is 4.36. The number of nitriles is 1. The molecule has 5 rings (SSSR count). The molecule has 34 heavy (non-hydrogen) atoms. The maximum absolute atomic E-state index is 8.91. The van der Waals surface area contributed by atoms with E-state index in [4.69, 9.17) is 10.00 Å². The molecule has 0 aliphatic carbocycles. The Kier molecular flexibility index (Phi) is 7.53. The molecule has 0 spiro atoms. The standard InChI is InChI=1S/C19H22N8O.C6H6/c1-13-5-16(7-20)25-27(13)4-3-21-10-17-11-22-18-6-14(8-23-19(18)28-17)15-9-24-26(2)12-15;1-2-4-6-5-3-1/h5-6,8-9,12,17,21-22H,3-4,10-11H2,1-2H3;1-6H. The number of fused-ring (bicyclic) bond motifs is 1. The van der Waals surface area contributed by atoms with Gasteiger partial charge in [-0.25, -0.2) is 4.98 Å². The van der Waals surface area contributed by atoms with E-state index >= 15 is 0 Å². The topological polar surface area (TPSA) is 106 Å². The zero-order valence-electron chi connectivity index (χ0n) is 19.3. The van der Waals surface area contributed by atoms with E-state index in [1.807, 2.05) is 73.5 Å². The number of hydrogen-bond donors (Lipinski definition) is 2. The lowest BCUT2D eigenvalue weighted by molar-refractivity contribution is 0.193. The third kappa shape index (κ3) is 5.99. The highest BCUT2D eigenvalue weighted by molar-refractivity contribution is 5.69. The Morgan fingerprint density at radius 3 is 2.56 bits per heavy atom. The van der Waals surface area contributed by atoms with Crippen LogP contribution in [0.15, 0.2) is 67.1 Å². The first-order valence-corrected chi connectivity index (χ1v) is 11.2. The third-order valence-electron chi connectivity index (χ3n) is 5.32. The van der Waals surface area contributed by atoms with Crippen molar-refractivity contribution in [2.45, 2.75) is 19.6 Å². The Morgan fingerprint density at radius 2 is 1.91 bits per heavy atom. The predicted molar refractivity (Wildman–Crippen MR) is 130 cm³/mol. The number of ether oxygens (including phenoxy) is 1. The lowest BCUT2D eigenvalue weighted by Crippen LogP contribution is -2.40. The number of anilines is 1. The molecule has 0 saturated carbocycles. The molecule has 9 heteroatoms. The van der Waals surface area contributed by atoms with E-state index in [1.165, 1.54) is 0 Å². The SMILES string of the molecule is Cc1cc(C#N)nn1CCNCC1CNc2cc(-c3cnn(C)c3)cnc2O1.c1ccccc1. The maximum Gasteiger partial charge on any atom is 0.237 e. The van der Waals surface area contributed by atoms with Crippen molar-refractivity contribution in [3.05, 3.63) is 78.5 Å². The molecule has 9 nitrogen and oxygen atoms in total. The van der Waals surface area contributed by atoms with Gasteiger partial charge in [0.1, 0.15) is 12.2 Å². The largest absolute Gasteiger partial charge is 0.470 e. The fraction of sp³-hybridized carbons (Fsp3) is 0.280. The summed E-state index contributed by atoms with van der Waals surface area (Å²) in [7, 11) is 1.89. The molecule has 4 heterocycles. The minimum Gasteiger partial charge on any atom is -0.470 e. The van der Waals surface area contributed by atoms with Crippen LogP contribution in [0.1, 0.15) is 11.4 Å². The highest BCUT2D eigenvalue weighted by Gasteiger charge is 2.21. The number of aryl methyl sites for hydroxylation is 2. The Morgan fingerprint density at radius 1 is 1.15 bits per heavy atom. The van der Waals surface area contributed by atoms with Crippen molar-refractivity contribution in [2.75, 3.05) is 25.0 Å². The molecular formula is C25H28N8O. The summed E-state index contributed by atoms with van der Waals surface area (Å²) in [6.07, 6.45) is 5.58. The zero-order valence-corrected chi connectivity index (χ0v) is 19.3. The van der Waals surface area contributed by atoms with E-state index in [0.29, 0.717) is 31.2 Å². The van der Waals surface area contributed by atoms with Gasteiger partial charge in [0.05, 0.1) is 25.0 Å². The number of rotatable bonds is 6. The van der Waals surface area contributed by atoms with E-state index < -0.39 is 0 Å². The summed E-state index contributed by atoms with van der Waals surface area (Å²) in [5, 5.41) is 24.1. The Labute approximate surface area is 199 Å². The number of pyridine rings is 1. The van der Waals surface area contributed by atoms with Crippen molar-refractivity contribution in [3.63, 3.8) is 0 Å². The van der Waals surface area contributed by atoms with E-state index in [0.717, 1.165) is 29.1 Å². The maximum atomic E-state index is 8.91. The van der Waals surface area contributed by atoms with Gasteiger partial charge in [-0.3, -0.25) is 9.36 Å². The Hall–Kier alpha value is -4.16. The van der Waals surface area contributed by atoms with Gasteiger partial charge in [-0.1, -0.05) is 36.4 Å². The fourth-order valence-electron chi connectivity index (χ4n) is 3.56. The van der Waals surface area contributed by atoms with Crippen molar-refractivity contribution in [3.8, 4) is 23.1 Å². The quantitative estimate of drug-likeness (QED) is 0.430. The molecule has 1 aliphatic rings. The van der Waals surface area contributed by atoms with Crippen LogP contribution in [0.3, 0.4) is 0 Å². The van der Waals surface area contributed by atoms with Gasteiger partial charge in [0, 0.05) is 49.4 Å². The average molecular weight is 457 g/mol. The highest BCUT2D eigenvalue weighted by atomic mass is 16.5. The van der Waals surface area contributed by atoms with Crippen LogP contribution >= 0.6 is 0 Å². The van der Waals surface area contributed by atoms with Crippen LogP contribution in [0.2, 0.25) is 0 Å². The monoisotopic (exact) mass is 456 g/mol. The van der Waals surface area contributed by atoms with Gasteiger partial charge in [-0.15, -0.1) is 0 Å². The van der Waals surface area contributed by atoms with Crippen molar-refractivity contribution in [2.24, 2.45) is 7.05 Å². The van der Waals surface area contributed by atoms with Crippen molar-refractivity contribution < 1.29 is 4.74 Å². The van der Waals surface area contributed by atoms with Gasteiger partial charge >= 0.3 is 0 Å². The lowest BCUT2D eigenvalue weighted by Gasteiger charge is -2.27. The van der Waals surface area contributed by atoms with E-state index in [1.54, 1.807) is 16.9 Å². The molecule has 1 aromatic carbocycles. The van der Waals surface area contributed by atoms with Crippen LogP contribution < -0.4 is 15.4 Å². The van der Waals surface area contributed by atoms with Gasteiger partial charge in [-0.2, -0.15) is 15.5 Å². The number of aromatic nitrogens is 5. The predicted octanol–water partition coefficient (Wildman–Crippen LogP) is 3.01. The first-order chi connectivity index (χ1) is 16.6. The third-order valence-corrected chi connectivity index (χ3v) is 5.32. The molecule has 0 fully saturated rings. The Balaban J connectivity index is 0.000000398. The number of hydrogen-bond acceptors (Lipinski definition) is 7. The lowest BCUT2D eigenvalue weighted by atomic mass is 10.1. The first kappa shape index (κ1) is 23.0. The van der Waals surface area contributed by atoms with Gasteiger partial charge in [0.2, 0.25) is 5.88 Å². The zero-order chi connectivity index (χ0) is 23.8. The van der Waals surface area contributed by atoms with Crippen LogP contribution in [0.25, 0.3) is 11.1 Å². The van der Waals surface area contributed by atoms with E-state index in [9.17, 15) is 0 Å². The molecule has 0 amide bonds. The summed E-state index contributed by atoms with van der Waals surface area (Å²) in [4.78, 5) is 4.46. The van der Waals surface area contributed by atoms with Gasteiger partial charge in [-0.05, 0) is 19.1 Å².